The van der Waals surface area contributed by atoms with Crippen LogP contribution in [0.5, 0.6) is 0 Å². The van der Waals surface area contributed by atoms with Gasteiger partial charge in [0.15, 0.2) is 0 Å². The van der Waals surface area contributed by atoms with Gasteiger partial charge in [-0.15, -0.1) is 0 Å². The van der Waals surface area contributed by atoms with E-state index in [1.807, 2.05) is 0 Å². The number of rotatable bonds is 1. The fourth-order valence-corrected chi connectivity index (χ4v) is 7.72. The highest BCUT2D eigenvalue weighted by Gasteiger charge is 2.57. The van der Waals surface area contributed by atoms with Crippen LogP contribution in [0.25, 0.3) is 0 Å². The van der Waals surface area contributed by atoms with E-state index < -0.39 is 17.3 Å². The average Bonchev–Trinajstić information content (AvgIpc) is 2.54. The predicted molar refractivity (Wildman–Crippen MR) is 112 cm³/mol. The maximum atomic E-state index is 11.8. The van der Waals surface area contributed by atoms with Crippen molar-refractivity contribution in [1.29, 1.82) is 0 Å². The number of carbonyl (C=O) groups is 3. The van der Waals surface area contributed by atoms with E-state index in [4.69, 9.17) is 10.5 Å². The number of ether oxygens (including phenoxy) is 1. The van der Waals surface area contributed by atoms with E-state index in [2.05, 4.69) is 0 Å². The van der Waals surface area contributed by atoms with Crippen molar-refractivity contribution >= 4 is 44.7 Å². The SMILES string of the molecule is NC(=O)OC12CC3CC(C1)C(=O)C(C3)C2.O=C1C2CC3CC1CC(O)(C3)C2.[S-2].[SH-]. The van der Waals surface area contributed by atoms with E-state index in [0.29, 0.717) is 36.2 Å². The van der Waals surface area contributed by atoms with Crippen molar-refractivity contribution in [1.82, 2.24) is 0 Å². The molecule has 8 aliphatic carbocycles. The molecule has 8 bridgehead atoms. The summed E-state index contributed by atoms with van der Waals surface area (Å²) >= 11 is 0. The molecule has 8 aliphatic rings. The number of carbonyl (C=O) groups excluding carboxylic acids is 3. The van der Waals surface area contributed by atoms with Gasteiger partial charge in [-0.2, -0.15) is 0 Å². The quantitative estimate of drug-likeness (QED) is 0.478. The number of amides is 1. The molecule has 0 heterocycles. The zero-order valence-electron chi connectivity index (χ0n) is 16.5. The molecule has 8 heteroatoms. The highest BCUT2D eigenvalue weighted by molar-refractivity contribution is 7.37. The molecule has 4 atom stereocenters. The van der Waals surface area contributed by atoms with Crippen LogP contribution in [0, 0.1) is 35.5 Å². The van der Waals surface area contributed by atoms with Gasteiger partial charge < -0.3 is 42.6 Å². The highest BCUT2D eigenvalue weighted by atomic mass is 32.1. The molecule has 0 spiro atoms. The second-order valence-corrected chi connectivity index (χ2v) is 10.3. The average molecular weight is 441 g/mol. The molecule has 0 aromatic heterocycles. The van der Waals surface area contributed by atoms with Crippen LogP contribution in [0.3, 0.4) is 0 Å². The van der Waals surface area contributed by atoms with Gasteiger partial charge in [0.2, 0.25) is 0 Å². The van der Waals surface area contributed by atoms with Crippen LogP contribution in [0.2, 0.25) is 0 Å². The van der Waals surface area contributed by atoms with Gasteiger partial charge in [-0.3, -0.25) is 9.59 Å². The number of Topliss-reactive ketones (excluding diaryl/α,β-unsaturated/α-hetero) is 2. The minimum absolute atomic E-state index is 0. The number of nitrogens with two attached hydrogens (primary N) is 1. The lowest BCUT2D eigenvalue weighted by molar-refractivity contribution is -0.161. The highest BCUT2D eigenvalue weighted by Crippen LogP contribution is 2.56. The molecule has 0 radical (unpaired) electrons. The Hall–Kier alpha value is -0.730. The normalized spacial score (nSPS) is 47.6. The lowest BCUT2D eigenvalue weighted by atomic mass is 9.53. The predicted octanol–water partition coefficient (Wildman–Crippen LogP) is 2.08. The second kappa shape index (κ2) is 7.75. The Morgan fingerprint density at radius 1 is 0.828 bits per heavy atom. The molecule has 8 fully saturated rings. The zero-order valence-corrected chi connectivity index (χ0v) is 18.3. The lowest BCUT2D eigenvalue weighted by Gasteiger charge is -2.54. The van der Waals surface area contributed by atoms with Gasteiger partial charge in [0.05, 0.1) is 5.60 Å². The van der Waals surface area contributed by atoms with Crippen LogP contribution >= 0.6 is 0 Å². The largest absolute Gasteiger partial charge is 2.00 e. The summed E-state index contributed by atoms with van der Waals surface area (Å²) in [5.74, 6) is 2.80. The first kappa shape index (κ1) is 22.9. The molecule has 8 saturated carbocycles. The van der Waals surface area contributed by atoms with Gasteiger partial charge in [-0.25, -0.2) is 4.79 Å². The van der Waals surface area contributed by atoms with Crippen molar-refractivity contribution in [2.45, 2.75) is 75.4 Å². The van der Waals surface area contributed by atoms with Crippen LogP contribution in [-0.4, -0.2) is 34.0 Å². The van der Waals surface area contributed by atoms with Crippen molar-refractivity contribution in [2.24, 2.45) is 41.2 Å². The van der Waals surface area contributed by atoms with Gasteiger partial charge in [-0.1, -0.05) is 0 Å². The Balaban J connectivity index is 0.000000158. The Bertz CT molecular complexity index is 677. The third-order valence-corrected chi connectivity index (χ3v) is 8.22. The van der Waals surface area contributed by atoms with Crippen molar-refractivity contribution in [3.8, 4) is 0 Å². The molecule has 29 heavy (non-hydrogen) atoms. The molecule has 0 saturated heterocycles. The molecular formula is C21H30NO5S2-3. The summed E-state index contributed by atoms with van der Waals surface area (Å²) < 4.78 is 5.29. The molecule has 0 aromatic rings. The molecule has 0 aliphatic heterocycles. The first-order chi connectivity index (χ1) is 12.7. The van der Waals surface area contributed by atoms with Gasteiger partial charge in [0, 0.05) is 23.7 Å². The van der Waals surface area contributed by atoms with Crippen LogP contribution in [0.15, 0.2) is 0 Å². The smallest absolute Gasteiger partial charge is 0.405 e. The second-order valence-electron chi connectivity index (χ2n) is 10.3. The van der Waals surface area contributed by atoms with Crippen molar-refractivity contribution in [3.63, 3.8) is 0 Å². The van der Waals surface area contributed by atoms with E-state index in [1.165, 1.54) is 0 Å². The Morgan fingerprint density at radius 2 is 1.24 bits per heavy atom. The maximum Gasteiger partial charge on any atom is 0.405 e. The molecule has 164 valence electrons. The monoisotopic (exact) mass is 440 g/mol. The summed E-state index contributed by atoms with van der Waals surface area (Å²) in [5.41, 5.74) is 4.27. The van der Waals surface area contributed by atoms with E-state index in [0.717, 1.165) is 51.4 Å². The van der Waals surface area contributed by atoms with Crippen LogP contribution in [-0.2, 0) is 41.3 Å². The summed E-state index contributed by atoms with van der Waals surface area (Å²) in [4.78, 5) is 34.3. The Labute approximate surface area is 185 Å². The van der Waals surface area contributed by atoms with Crippen molar-refractivity contribution in [3.05, 3.63) is 0 Å². The molecule has 3 N–H and O–H groups in total. The van der Waals surface area contributed by atoms with E-state index in [9.17, 15) is 19.5 Å². The topological polar surface area (TPSA) is 107 Å². The molecule has 4 unspecified atom stereocenters. The fraction of sp³-hybridized carbons (Fsp3) is 0.857. The minimum Gasteiger partial charge on any atom is -2.00 e. The number of aliphatic hydroxyl groups is 1. The van der Waals surface area contributed by atoms with Crippen LogP contribution in [0.1, 0.15) is 64.2 Å². The summed E-state index contributed by atoms with van der Waals surface area (Å²) in [7, 11) is 0. The van der Waals surface area contributed by atoms with Gasteiger partial charge in [0.25, 0.3) is 0 Å². The number of primary amides is 1. The lowest BCUT2D eigenvalue weighted by Crippen LogP contribution is -2.57. The summed E-state index contributed by atoms with van der Waals surface area (Å²) in [6.07, 6.45) is 8.27. The summed E-state index contributed by atoms with van der Waals surface area (Å²) in [6, 6.07) is 0. The summed E-state index contributed by atoms with van der Waals surface area (Å²) in [6.45, 7) is 0. The van der Waals surface area contributed by atoms with Crippen molar-refractivity contribution in [2.75, 3.05) is 0 Å². The van der Waals surface area contributed by atoms with Crippen LogP contribution in [0.4, 0.5) is 4.79 Å². The third-order valence-electron chi connectivity index (χ3n) is 8.22. The minimum atomic E-state index is -0.690. The molecule has 6 nitrogen and oxygen atoms in total. The summed E-state index contributed by atoms with van der Waals surface area (Å²) in [5, 5.41) is 10.1. The van der Waals surface area contributed by atoms with Crippen molar-refractivity contribution < 1.29 is 24.2 Å². The third kappa shape index (κ3) is 3.97. The number of ketones is 2. The standard InChI is InChI=1S/C11H15NO3.C10H14O2.H2S.S/c12-10(14)15-11-3-6-1-7(4-11)9(13)8(2-6)5-11;11-9-7-1-6-2-8(9)5-10(12,3-6)4-7;;/h6-8H,1-5H2,(H2,12,14);6-8,12H,1-5H2;1H2;/q;;;-2/p-1. The number of hydrogen-bond acceptors (Lipinski definition) is 6. The van der Waals surface area contributed by atoms with E-state index in [1.54, 1.807) is 0 Å². The zero-order chi connectivity index (χ0) is 19.0. The van der Waals surface area contributed by atoms with Gasteiger partial charge in [0.1, 0.15) is 17.2 Å². The fourth-order valence-electron chi connectivity index (χ4n) is 7.72. The van der Waals surface area contributed by atoms with Gasteiger partial charge >= 0.3 is 6.09 Å². The Kier molecular flexibility index (Phi) is 6.13. The molecule has 0 aromatic carbocycles. The first-order valence-corrected chi connectivity index (χ1v) is 10.5. The van der Waals surface area contributed by atoms with Crippen LogP contribution < -0.4 is 5.73 Å². The molecule has 8 rings (SSSR count). The van der Waals surface area contributed by atoms with E-state index in [-0.39, 0.29) is 50.7 Å². The Morgan fingerprint density at radius 3 is 1.66 bits per heavy atom. The maximum absolute atomic E-state index is 11.8. The number of hydrogen-bond donors (Lipinski definition) is 2. The van der Waals surface area contributed by atoms with Gasteiger partial charge in [-0.05, 0) is 76.0 Å². The first-order valence-electron chi connectivity index (χ1n) is 10.5. The van der Waals surface area contributed by atoms with E-state index >= 15 is 0 Å². The number of thiol groups is 1. The molecular weight excluding hydrogens is 410 g/mol. The molecule has 1 amide bonds.